The van der Waals surface area contributed by atoms with Gasteiger partial charge < -0.3 is 5.32 Å². The second-order valence-corrected chi connectivity index (χ2v) is 4.56. The number of nitrogens with zero attached hydrogens (tertiary/aromatic N) is 1. The highest BCUT2D eigenvalue weighted by atomic mass is 19.1. The van der Waals surface area contributed by atoms with E-state index in [1.807, 2.05) is 32.0 Å². The van der Waals surface area contributed by atoms with Gasteiger partial charge in [0.1, 0.15) is 5.82 Å². The van der Waals surface area contributed by atoms with Crippen LogP contribution >= 0.6 is 0 Å². The Labute approximate surface area is 107 Å². The molecular formula is C15H17FN2. The lowest BCUT2D eigenvalue weighted by Gasteiger charge is -2.16. The molecule has 1 aromatic heterocycles. The normalized spacial score (nSPS) is 12.2. The van der Waals surface area contributed by atoms with Gasteiger partial charge in [0.2, 0.25) is 0 Å². The van der Waals surface area contributed by atoms with E-state index in [4.69, 9.17) is 0 Å². The third kappa shape index (κ3) is 2.86. The van der Waals surface area contributed by atoms with Gasteiger partial charge in [0, 0.05) is 11.7 Å². The molecule has 1 unspecified atom stereocenters. The second-order valence-electron chi connectivity index (χ2n) is 4.56. The first-order valence-corrected chi connectivity index (χ1v) is 6.01. The fraction of sp³-hybridized carbons (Fsp3) is 0.267. The van der Waals surface area contributed by atoms with Crippen LogP contribution in [-0.2, 0) is 0 Å². The van der Waals surface area contributed by atoms with Crippen LogP contribution in [0.2, 0.25) is 0 Å². The van der Waals surface area contributed by atoms with Crippen LogP contribution in [0.5, 0.6) is 0 Å². The van der Waals surface area contributed by atoms with Gasteiger partial charge in [0.25, 0.3) is 0 Å². The third-order valence-corrected chi connectivity index (χ3v) is 2.99. The van der Waals surface area contributed by atoms with Gasteiger partial charge in [-0.2, -0.15) is 0 Å². The number of hydrogen-bond acceptors (Lipinski definition) is 2. The topological polar surface area (TPSA) is 24.9 Å². The summed E-state index contributed by atoms with van der Waals surface area (Å²) in [5.41, 5.74) is 3.52. The van der Waals surface area contributed by atoms with Crippen molar-refractivity contribution in [1.29, 1.82) is 0 Å². The Hall–Kier alpha value is -1.90. The van der Waals surface area contributed by atoms with E-state index in [-0.39, 0.29) is 11.9 Å². The first kappa shape index (κ1) is 12.6. The van der Waals surface area contributed by atoms with Crippen LogP contribution in [0.4, 0.5) is 10.1 Å². The van der Waals surface area contributed by atoms with Crippen LogP contribution in [-0.4, -0.2) is 4.98 Å². The Morgan fingerprint density at radius 1 is 1.17 bits per heavy atom. The van der Waals surface area contributed by atoms with E-state index in [9.17, 15) is 4.39 Å². The molecule has 3 heteroatoms. The maximum Gasteiger partial charge on any atom is 0.126 e. The lowest BCUT2D eigenvalue weighted by atomic mass is 10.1. The van der Waals surface area contributed by atoms with Crippen LogP contribution in [0.15, 0.2) is 36.5 Å². The molecule has 18 heavy (non-hydrogen) atoms. The Morgan fingerprint density at radius 3 is 2.56 bits per heavy atom. The van der Waals surface area contributed by atoms with Crippen molar-refractivity contribution in [2.45, 2.75) is 26.8 Å². The van der Waals surface area contributed by atoms with Gasteiger partial charge in [-0.15, -0.1) is 0 Å². The monoisotopic (exact) mass is 244 g/mol. The van der Waals surface area contributed by atoms with Crippen molar-refractivity contribution in [2.24, 2.45) is 0 Å². The number of anilines is 1. The summed E-state index contributed by atoms with van der Waals surface area (Å²) in [5, 5.41) is 3.30. The van der Waals surface area contributed by atoms with E-state index in [0.717, 1.165) is 16.9 Å². The second kappa shape index (κ2) is 5.17. The quantitative estimate of drug-likeness (QED) is 0.882. The van der Waals surface area contributed by atoms with Crippen molar-refractivity contribution < 1.29 is 4.39 Å². The van der Waals surface area contributed by atoms with Crippen LogP contribution in [0, 0.1) is 19.7 Å². The molecule has 0 radical (unpaired) electrons. The highest BCUT2D eigenvalue weighted by Crippen LogP contribution is 2.20. The van der Waals surface area contributed by atoms with E-state index in [2.05, 4.69) is 10.3 Å². The van der Waals surface area contributed by atoms with Gasteiger partial charge in [-0.3, -0.25) is 4.98 Å². The fourth-order valence-electron chi connectivity index (χ4n) is 1.76. The highest BCUT2D eigenvalue weighted by Gasteiger charge is 2.07. The molecule has 0 bridgehead atoms. The molecule has 1 atom stereocenters. The van der Waals surface area contributed by atoms with E-state index in [0.29, 0.717) is 5.56 Å². The Morgan fingerprint density at radius 2 is 1.94 bits per heavy atom. The molecule has 2 nitrogen and oxygen atoms in total. The summed E-state index contributed by atoms with van der Waals surface area (Å²) in [6.45, 7) is 5.72. The maximum absolute atomic E-state index is 13.5. The van der Waals surface area contributed by atoms with E-state index >= 15 is 0 Å². The summed E-state index contributed by atoms with van der Waals surface area (Å²) in [4.78, 5) is 4.22. The molecule has 0 amide bonds. The van der Waals surface area contributed by atoms with Crippen molar-refractivity contribution >= 4 is 5.69 Å². The van der Waals surface area contributed by atoms with Crippen molar-refractivity contribution in [2.75, 3.05) is 5.32 Å². The predicted molar refractivity (Wildman–Crippen MR) is 72.1 cm³/mol. The largest absolute Gasteiger partial charge is 0.377 e. The molecule has 2 aromatic rings. The molecule has 1 heterocycles. The molecule has 2 rings (SSSR count). The van der Waals surface area contributed by atoms with Gasteiger partial charge in [-0.25, -0.2) is 4.39 Å². The van der Waals surface area contributed by atoms with Crippen LogP contribution in [0.1, 0.15) is 29.8 Å². The summed E-state index contributed by atoms with van der Waals surface area (Å²) in [6.07, 6.45) is 1.79. The molecular weight excluding hydrogens is 227 g/mol. The minimum absolute atomic E-state index is 0.0459. The van der Waals surface area contributed by atoms with Gasteiger partial charge >= 0.3 is 0 Å². The summed E-state index contributed by atoms with van der Waals surface area (Å²) in [5.74, 6) is -0.164. The van der Waals surface area contributed by atoms with Gasteiger partial charge in [0.15, 0.2) is 0 Å². The third-order valence-electron chi connectivity index (χ3n) is 2.99. The minimum atomic E-state index is -0.164. The zero-order valence-electron chi connectivity index (χ0n) is 10.9. The van der Waals surface area contributed by atoms with E-state index in [1.165, 1.54) is 0 Å². The number of pyridine rings is 1. The van der Waals surface area contributed by atoms with E-state index in [1.54, 1.807) is 25.3 Å². The number of benzene rings is 1. The minimum Gasteiger partial charge on any atom is -0.377 e. The lowest BCUT2D eigenvalue weighted by molar-refractivity contribution is 0.614. The summed E-state index contributed by atoms with van der Waals surface area (Å²) in [6, 6.07) is 9.29. The zero-order valence-corrected chi connectivity index (χ0v) is 10.9. The van der Waals surface area contributed by atoms with E-state index < -0.39 is 0 Å². The van der Waals surface area contributed by atoms with Crippen molar-refractivity contribution in [3.8, 4) is 0 Å². The smallest absolute Gasteiger partial charge is 0.126 e. The van der Waals surface area contributed by atoms with Crippen LogP contribution < -0.4 is 5.32 Å². The lowest BCUT2D eigenvalue weighted by Crippen LogP contribution is -2.07. The molecule has 94 valence electrons. The van der Waals surface area contributed by atoms with Gasteiger partial charge in [-0.1, -0.05) is 12.1 Å². The summed E-state index contributed by atoms with van der Waals surface area (Å²) < 4.78 is 13.5. The maximum atomic E-state index is 13.5. The molecule has 1 aromatic carbocycles. The van der Waals surface area contributed by atoms with Crippen molar-refractivity contribution in [1.82, 2.24) is 4.98 Å². The van der Waals surface area contributed by atoms with Crippen molar-refractivity contribution in [3.05, 3.63) is 59.2 Å². The molecule has 0 aliphatic carbocycles. The molecule has 0 aliphatic rings. The summed E-state index contributed by atoms with van der Waals surface area (Å²) >= 11 is 0. The molecule has 0 saturated heterocycles. The fourth-order valence-corrected chi connectivity index (χ4v) is 1.76. The first-order valence-electron chi connectivity index (χ1n) is 6.01. The molecule has 0 spiro atoms. The highest BCUT2D eigenvalue weighted by molar-refractivity contribution is 5.43. The average Bonchev–Trinajstić information content (AvgIpc) is 2.35. The molecule has 0 aliphatic heterocycles. The average molecular weight is 244 g/mol. The Kier molecular flexibility index (Phi) is 3.60. The molecule has 0 saturated carbocycles. The standard InChI is InChI=1S/C15H17FN2/c1-10-4-6-13(8-15(10)16)12(3)18-14-7-5-11(2)17-9-14/h4-9,12,18H,1-3H3. The zero-order chi connectivity index (χ0) is 13.1. The van der Waals surface area contributed by atoms with Crippen LogP contribution in [0.25, 0.3) is 0 Å². The van der Waals surface area contributed by atoms with Gasteiger partial charge in [-0.05, 0) is 50.1 Å². The molecule has 1 N–H and O–H groups in total. The number of rotatable bonds is 3. The Bertz CT molecular complexity index is 535. The number of aromatic nitrogens is 1. The SMILES string of the molecule is Cc1ccc(NC(C)c2ccc(C)c(F)c2)cn1. The number of halogens is 1. The van der Waals surface area contributed by atoms with Crippen LogP contribution in [0.3, 0.4) is 0 Å². The number of hydrogen-bond donors (Lipinski definition) is 1. The molecule has 0 fully saturated rings. The number of nitrogens with one attached hydrogen (secondary N) is 1. The van der Waals surface area contributed by atoms with Gasteiger partial charge in [0.05, 0.1) is 11.9 Å². The number of aryl methyl sites for hydroxylation is 2. The van der Waals surface area contributed by atoms with Crippen molar-refractivity contribution in [3.63, 3.8) is 0 Å². The first-order chi connectivity index (χ1) is 8.56. The summed E-state index contributed by atoms with van der Waals surface area (Å²) in [7, 11) is 0. The predicted octanol–water partition coefficient (Wildman–Crippen LogP) is 4.01. The Balaban J connectivity index is 2.13.